The first-order valence-corrected chi connectivity index (χ1v) is 12.5. The Morgan fingerprint density at radius 3 is 2.50 bits per heavy atom. The Balaban J connectivity index is 1.52. The predicted octanol–water partition coefficient (Wildman–Crippen LogP) is 2.63. The first kappa shape index (κ1) is 22.2. The van der Waals surface area contributed by atoms with Crippen LogP contribution < -0.4 is 5.32 Å². The van der Waals surface area contributed by atoms with Gasteiger partial charge in [-0.25, -0.2) is 13.4 Å². The normalized spacial score (nSPS) is 15.1. The van der Waals surface area contributed by atoms with Crippen molar-refractivity contribution in [1.29, 1.82) is 0 Å². The highest BCUT2D eigenvalue weighted by atomic mass is 32.2. The molecule has 1 aromatic carbocycles. The fourth-order valence-corrected chi connectivity index (χ4v) is 4.61. The number of hydrogen-bond donors (Lipinski definition) is 1. The molecule has 1 amide bonds. The van der Waals surface area contributed by atoms with Crippen LogP contribution in [0.25, 0.3) is 0 Å². The lowest BCUT2D eigenvalue weighted by Gasteiger charge is -2.30. The highest BCUT2D eigenvalue weighted by molar-refractivity contribution is 7.90. The summed E-state index contributed by atoms with van der Waals surface area (Å²) in [6.45, 7) is 3.26. The number of nitrogens with one attached hydrogen (secondary N) is 1. The quantitative estimate of drug-likeness (QED) is 0.645. The van der Waals surface area contributed by atoms with Crippen LogP contribution in [-0.4, -0.2) is 56.1 Å². The monoisotopic (exact) mass is 451 g/mol. The minimum Gasteiger partial charge on any atom is -0.466 e. The number of nitrogens with zero attached hydrogens (tertiary/aromatic N) is 2. The molecule has 2 heterocycles. The predicted molar refractivity (Wildman–Crippen MR) is 115 cm³/mol. The van der Waals surface area contributed by atoms with Crippen molar-refractivity contribution in [3.05, 3.63) is 35.3 Å². The number of piperidine rings is 1. The van der Waals surface area contributed by atoms with E-state index in [9.17, 15) is 18.0 Å². The number of likely N-dealkylation sites (tertiary alicyclic amines) is 1. The zero-order valence-corrected chi connectivity index (χ0v) is 18.6. The van der Waals surface area contributed by atoms with Gasteiger partial charge >= 0.3 is 5.97 Å². The van der Waals surface area contributed by atoms with E-state index in [1.165, 1.54) is 29.7 Å². The fourth-order valence-electron chi connectivity index (χ4n) is 3.25. The second-order valence-electron chi connectivity index (χ2n) is 7.15. The maximum Gasteiger partial charge on any atom is 0.309 e. The Kier molecular flexibility index (Phi) is 7.09. The van der Waals surface area contributed by atoms with E-state index in [0.717, 1.165) is 5.69 Å². The van der Waals surface area contributed by atoms with Crippen molar-refractivity contribution in [2.24, 2.45) is 5.92 Å². The Morgan fingerprint density at radius 2 is 1.90 bits per heavy atom. The molecule has 1 aliphatic rings. The molecule has 1 fully saturated rings. The van der Waals surface area contributed by atoms with Gasteiger partial charge in [-0.3, -0.25) is 9.59 Å². The van der Waals surface area contributed by atoms with Crippen molar-refractivity contribution in [2.45, 2.75) is 31.1 Å². The molecule has 0 atom stereocenters. The highest BCUT2D eigenvalue weighted by Crippen LogP contribution is 2.24. The lowest BCUT2D eigenvalue weighted by molar-refractivity contribution is -0.151. The average molecular weight is 452 g/mol. The van der Waals surface area contributed by atoms with E-state index < -0.39 is 9.84 Å². The number of hydrogen-bond acceptors (Lipinski definition) is 8. The van der Waals surface area contributed by atoms with Gasteiger partial charge in [0, 0.05) is 30.4 Å². The molecule has 0 radical (unpaired) electrons. The Morgan fingerprint density at radius 1 is 1.23 bits per heavy atom. The standard InChI is InChI=1S/C20H25N3O5S2/c1-3-28-19(25)14-8-10-23(11-9-14)18(24)12-16-13-29-20(22-16)21-15-4-6-17(7-5-15)30(2,26)27/h4-7,13-14H,3,8-12H2,1-2H3,(H,21,22). The fraction of sp³-hybridized carbons (Fsp3) is 0.450. The number of anilines is 2. The number of ether oxygens (including phenoxy) is 1. The summed E-state index contributed by atoms with van der Waals surface area (Å²) < 4.78 is 28.1. The third kappa shape index (κ3) is 5.79. The average Bonchev–Trinajstić information content (AvgIpc) is 3.14. The topological polar surface area (TPSA) is 106 Å². The summed E-state index contributed by atoms with van der Waals surface area (Å²) in [6.07, 6.45) is 2.62. The molecule has 0 unspecified atom stereocenters. The molecule has 30 heavy (non-hydrogen) atoms. The van der Waals surface area contributed by atoms with Crippen molar-refractivity contribution in [2.75, 3.05) is 31.3 Å². The number of thiazole rings is 1. The van der Waals surface area contributed by atoms with E-state index in [0.29, 0.717) is 43.4 Å². The molecular weight excluding hydrogens is 426 g/mol. The van der Waals surface area contributed by atoms with Crippen LogP contribution in [0.2, 0.25) is 0 Å². The van der Waals surface area contributed by atoms with E-state index >= 15 is 0 Å². The lowest BCUT2D eigenvalue weighted by Crippen LogP contribution is -2.41. The first-order valence-electron chi connectivity index (χ1n) is 9.72. The van der Waals surface area contributed by atoms with Gasteiger partial charge in [-0.2, -0.15) is 0 Å². The minimum atomic E-state index is -3.23. The summed E-state index contributed by atoms with van der Waals surface area (Å²) in [4.78, 5) is 30.9. The number of carbonyl (C=O) groups excluding carboxylic acids is 2. The first-order chi connectivity index (χ1) is 14.3. The number of sulfone groups is 1. The molecule has 10 heteroatoms. The summed E-state index contributed by atoms with van der Waals surface area (Å²) in [7, 11) is -3.23. The number of esters is 1. The number of amides is 1. The maximum absolute atomic E-state index is 12.6. The van der Waals surface area contributed by atoms with Crippen molar-refractivity contribution in [3.8, 4) is 0 Å². The van der Waals surface area contributed by atoms with E-state index in [4.69, 9.17) is 4.74 Å². The molecule has 1 saturated heterocycles. The molecule has 1 aliphatic heterocycles. The molecular formula is C20H25N3O5S2. The maximum atomic E-state index is 12.6. The van der Waals surface area contributed by atoms with Gasteiger partial charge in [-0.1, -0.05) is 0 Å². The molecule has 0 bridgehead atoms. The summed E-state index contributed by atoms with van der Waals surface area (Å²) in [5, 5.41) is 5.58. The number of aromatic nitrogens is 1. The van der Waals surface area contributed by atoms with Gasteiger partial charge < -0.3 is 15.0 Å². The minimum absolute atomic E-state index is 0.00772. The smallest absolute Gasteiger partial charge is 0.309 e. The van der Waals surface area contributed by atoms with Gasteiger partial charge in [0.15, 0.2) is 15.0 Å². The Labute approximate surface area is 180 Å². The summed E-state index contributed by atoms with van der Waals surface area (Å²) in [5.41, 5.74) is 1.39. The van der Waals surface area contributed by atoms with Crippen LogP contribution in [0.4, 0.5) is 10.8 Å². The third-order valence-electron chi connectivity index (χ3n) is 4.89. The van der Waals surface area contributed by atoms with Crippen molar-refractivity contribution >= 4 is 43.9 Å². The molecule has 3 rings (SSSR count). The van der Waals surface area contributed by atoms with E-state index in [1.54, 1.807) is 24.0 Å². The van der Waals surface area contributed by atoms with Crippen LogP contribution in [0, 0.1) is 5.92 Å². The molecule has 1 aromatic heterocycles. The number of benzene rings is 1. The van der Waals surface area contributed by atoms with Gasteiger partial charge in [0.05, 0.1) is 29.5 Å². The Bertz CT molecular complexity index is 994. The molecule has 162 valence electrons. The van der Waals surface area contributed by atoms with E-state index in [1.807, 2.05) is 5.38 Å². The lowest BCUT2D eigenvalue weighted by atomic mass is 9.97. The van der Waals surface area contributed by atoms with E-state index in [-0.39, 0.29) is 29.1 Å². The van der Waals surface area contributed by atoms with Gasteiger partial charge in [-0.05, 0) is 44.0 Å². The molecule has 1 N–H and O–H groups in total. The van der Waals surface area contributed by atoms with Gasteiger partial charge in [-0.15, -0.1) is 11.3 Å². The van der Waals surface area contributed by atoms with Crippen molar-refractivity contribution < 1.29 is 22.7 Å². The molecule has 8 nitrogen and oxygen atoms in total. The highest BCUT2D eigenvalue weighted by Gasteiger charge is 2.28. The van der Waals surface area contributed by atoms with Crippen LogP contribution in [-0.2, 0) is 30.6 Å². The van der Waals surface area contributed by atoms with Crippen LogP contribution in [0.15, 0.2) is 34.5 Å². The van der Waals surface area contributed by atoms with Gasteiger partial charge in [0.25, 0.3) is 0 Å². The second kappa shape index (κ2) is 9.57. The van der Waals surface area contributed by atoms with E-state index in [2.05, 4.69) is 10.3 Å². The molecule has 0 spiro atoms. The van der Waals surface area contributed by atoms with Crippen molar-refractivity contribution in [1.82, 2.24) is 9.88 Å². The SMILES string of the molecule is CCOC(=O)C1CCN(C(=O)Cc2csc(Nc3ccc(S(C)(=O)=O)cc3)n2)CC1. The number of carbonyl (C=O) groups is 2. The zero-order chi connectivity index (χ0) is 21.7. The summed E-state index contributed by atoms with van der Waals surface area (Å²) in [6, 6.07) is 6.43. The summed E-state index contributed by atoms with van der Waals surface area (Å²) >= 11 is 1.38. The van der Waals surface area contributed by atoms with Crippen LogP contribution in [0.1, 0.15) is 25.5 Å². The van der Waals surface area contributed by atoms with Crippen LogP contribution in [0.5, 0.6) is 0 Å². The zero-order valence-electron chi connectivity index (χ0n) is 17.0. The van der Waals surface area contributed by atoms with Gasteiger partial charge in [0.2, 0.25) is 5.91 Å². The summed E-state index contributed by atoms with van der Waals surface area (Å²) in [5.74, 6) is -0.311. The van der Waals surface area contributed by atoms with Crippen LogP contribution in [0.3, 0.4) is 0 Å². The second-order valence-corrected chi connectivity index (χ2v) is 10.0. The number of rotatable bonds is 7. The Hall–Kier alpha value is -2.46. The van der Waals surface area contributed by atoms with Crippen LogP contribution >= 0.6 is 11.3 Å². The van der Waals surface area contributed by atoms with Crippen molar-refractivity contribution in [3.63, 3.8) is 0 Å². The molecule has 0 saturated carbocycles. The van der Waals surface area contributed by atoms with Gasteiger partial charge in [0.1, 0.15) is 0 Å². The molecule has 0 aliphatic carbocycles. The molecule has 2 aromatic rings. The third-order valence-corrected chi connectivity index (χ3v) is 6.82. The largest absolute Gasteiger partial charge is 0.466 e.